The van der Waals surface area contributed by atoms with E-state index in [9.17, 15) is 18.5 Å². The molecule has 0 saturated carbocycles. The van der Waals surface area contributed by atoms with Crippen LogP contribution in [0.3, 0.4) is 0 Å². The summed E-state index contributed by atoms with van der Waals surface area (Å²) >= 11 is 0. The molecule has 1 aliphatic heterocycles. The van der Waals surface area contributed by atoms with Gasteiger partial charge in [0, 0.05) is 24.7 Å². The van der Waals surface area contributed by atoms with Crippen molar-refractivity contribution in [3.05, 3.63) is 34.4 Å². The highest BCUT2D eigenvalue weighted by Crippen LogP contribution is 2.32. The molecule has 1 aromatic carbocycles. The van der Waals surface area contributed by atoms with E-state index in [0.29, 0.717) is 12.5 Å². The fourth-order valence-electron chi connectivity index (χ4n) is 2.07. The Morgan fingerprint density at radius 2 is 1.95 bits per heavy atom. The van der Waals surface area contributed by atoms with Gasteiger partial charge in [0.15, 0.2) is 0 Å². The minimum atomic E-state index is -3.49. The summed E-state index contributed by atoms with van der Waals surface area (Å²) in [5.41, 5.74) is -0.108. The zero-order valence-corrected chi connectivity index (χ0v) is 11.6. The van der Waals surface area contributed by atoms with Gasteiger partial charge in [0.25, 0.3) is 5.69 Å². The molecule has 1 aromatic rings. The summed E-state index contributed by atoms with van der Waals surface area (Å²) in [5.74, 6) is 0.446. The lowest BCUT2D eigenvalue weighted by molar-refractivity contribution is -0.384. The third-order valence-electron chi connectivity index (χ3n) is 3.06. The van der Waals surface area contributed by atoms with Crippen LogP contribution in [-0.4, -0.2) is 30.2 Å². The minimum Gasteiger partial charge on any atom is -0.258 e. The van der Waals surface area contributed by atoms with Gasteiger partial charge in [0.2, 0.25) is 10.0 Å². The molecule has 0 aromatic heterocycles. The van der Waals surface area contributed by atoms with Crippen molar-refractivity contribution in [3.8, 4) is 0 Å². The van der Waals surface area contributed by atoms with E-state index in [-0.39, 0.29) is 16.6 Å². The molecule has 7 heteroatoms. The monoisotopic (exact) mass is 284 g/mol. The van der Waals surface area contributed by atoms with Gasteiger partial charge in [-0.2, -0.15) is 4.31 Å². The van der Waals surface area contributed by atoms with Crippen LogP contribution in [0.15, 0.2) is 29.2 Å². The first-order valence-electron chi connectivity index (χ1n) is 6.08. The Balaban J connectivity index is 2.15. The average molecular weight is 284 g/mol. The summed E-state index contributed by atoms with van der Waals surface area (Å²) < 4.78 is 25.9. The Labute approximate surface area is 112 Å². The fourth-order valence-corrected chi connectivity index (χ4v) is 3.66. The molecule has 1 fully saturated rings. The molecular formula is C12H16N2O4S. The van der Waals surface area contributed by atoms with Crippen LogP contribution in [0.25, 0.3) is 0 Å². The van der Waals surface area contributed by atoms with Crippen molar-refractivity contribution in [1.82, 2.24) is 4.31 Å². The van der Waals surface area contributed by atoms with Gasteiger partial charge in [0.05, 0.1) is 9.82 Å². The van der Waals surface area contributed by atoms with Crippen LogP contribution in [-0.2, 0) is 10.0 Å². The van der Waals surface area contributed by atoms with Gasteiger partial charge in [-0.1, -0.05) is 13.8 Å². The number of hydrogen-bond acceptors (Lipinski definition) is 4. The molecule has 1 aliphatic rings. The number of nitrogens with zero attached hydrogens (tertiary/aromatic N) is 2. The van der Waals surface area contributed by atoms with E-state index in [1.165, 1.54) is 28.6 Å². The van der Waals surface area contributed by atoms with Crippen molar-refractivity contribution in [2.24, 2.45) is 5.92 Å². The van der Waals surface area contributed by atoms with Gasteiger partial charge in [-0.05, 0) is 24.5 Å². The van der Waals surface area contributed by atoms with Crippen molar-refractivity contribution in [1.29, 1.82) is 0 Å². The maximum atomic E-state index is 12.2. The van der Waals surface area contributed by atoms with Gasteiger partial charge in [-0.25, -0.2) is 8.42 Å². The number of hydrogen-bond donors (Lipinski definition) is 0. The van der Waals surface area contributed by atoms with Crippen LogP contribution in [0.4, 0.5) is 5.69 Å². The minimum absolute atomic E-state index is 0.0696. The molecule has 1 heterocycles. The summed E-state index contributed by atoms with van der Waals surface area (Å²) in [6.45, 7) is 4.64. The van der Waals surface area contributed by atoms with Crippen molar-refractivity contribution >= 4 is 15.7 Å². The van der Waals surface area contributed by atoms with Crippen molar-refractivity contribution in [3.63, 3.8) is 0 Å². The van der Waals surface area contributed by atoms with Crippen molar-refractivity contribution < 1.29 is 13.3 Å². The second kappa shape index (κ2) is 4.90. The number of benzene rings is 1. The van der Waals surface area contributed by atoms with E-state index in [1.54, 1.807) is 0 Å². The lowest BCUT2D eigenvalue weighted by Gasteiger charge is -2.07. The molecule has 0 amide bonds. The number of nitro benzene ring substituents is 1. The average Bonchev–Trinajstić information content (AvgIpc) is 3.08. The predicted molar refractivity (Wildman–Crippen MR) is 70.2 cm³/mol. The van der Waals surface area contributed by atoms with Crippen LogP contribution < -0.4 is 0 Å². The molecule has 2 atom stereocenters. The first-order chi connectivity index (χ1) is 8.82. The Morgan fingerprint density at radius 1 is 1.37 bits per heavy atom. The molecule has 0 radical (unpaired) electrons. The summed E-state index contributed by atoms with van der Waals surface area (Å²) in [5, 5.41) is 10.5. The van der Waals surface area contributed by atoms with E-state index in [4.69, 9.17) is 0 Å². The fraction of sp³-hybridized carbons (Fsp3) is 0.500. The molecule has 0 spiro atoms. The first kappa shape index (κ1) is 14.0. The third kappa shape index (κ3) is 2.93. The van der Waals surface area contributed by atoms with E-state index in [1.807, 2.05) is 0 Å². The highest BCUT2D eigenvalue weighted by molar-refractivity contribution is 7.89. The molecule has 104 valence electrons. The van der Waals surface area contributed by atoms with Gasteiger partial charge in [0.1, 0.15) is 0 Å². The maximum Gasteiger partial charge on any atom is 0.269 e. The number of rotatable bonds is 5. The van der Waals surface area contributed by atoms with Gasteiger partial charge < -0.3 is 0 Å². The van der Waals surface area contributed by atoms with E-state index >= 15 is 0 Å². The summed E-state index contributed by atoms with van der Waals surface area (Å²) in [7, 11) is -3.49. The second-order valence-electron chi connectivity index (χ2n) is 5.11. The smallest absolute Gasteiger partial charge is 0.258 e. The Kier molecular flexibility index (Phi) is 3.60. The van der Waals surface area contributed by atoms with Crippen molar-refractivity contribution in [2.45, 2.75) is 31.2 Å². The first-order valence-corrected chi connectivity index (χ1v) is 7.52. The summed E-state index contributed by atoms with van der Waals surface area (Å²) in [6.07, 6.45) is 0.839. The van der Waals surface area contributed by atoms with E-state index in [0.717, 1.165) is 6.42 Å². The zero-order valence-electron chi connectivity index (χ0n) is 10.8. The lowest BCUT2D eigenvalue weighted by atomic mass is 10.1. The molecule has 1 saturated heterocycles. The second-order valence-corrected chi connectivity index (χ2v) is 7.00. The molecule has 1 unspecified atom stereocenters. The molecule has 0 bridgehead atoms. The van der Waals surface area contributed by atoms with Crippen molar-refractivity contribution in [2.75, 3.05) is 6.54 Å². The van der Waals surface area contributed by atoms with E-state index in [2.05, 4.69) is 13.8 Å². The van der Waals surface area contributed by atoms with Gasteiger partial charge >= 0.3 is 0 Å². The molecule has 0 N–H and O–H groups in total. The Bertz CT molecular complexity index is 580. The number of sulfonamides is 1. The highest BCUT2D eigenvalue weighted by Gasteiger charge is 2.44. The van der Waals surface area contributed by atoms with Crippen LogP contribution >= 0.6 is 0 Å². The predicted octanol–water partition coefficient (Wildman–Crippen LogP) is 2.01. The Morgan fingerprint density at radius 3 is 2.42 bits per heavy atom. The molecule has 2 rings (SSSR count). The molecular weight excluding hydrogens is 268 g/mol. The lowest BCUT2D eigenvalue weighted by Crippen LogP contribution is -2.15. The number of non-ortho nitro benzene ring substituents is 1. The maximum absolute atomic E-state index is 12.2. The third-order valence-corrected chi connectivity index (χ3v) is 4.99. The number of nitro groups is 1. The molecule has 19 heavy (non-hydrogen) atoms. The van der Waals surface area contributed by atoms with Gasteiger partial charge in [-0.3, -0.25) is 10.1 Å². The highest BCUT2D eigenvalue weighted by atomic mass is 32.2. The standard InChI is InChI=1S/C12H16N2O4S/c1-9(2)7-11-8-13(11)19(17,18)12-5-3-10(4-6-12)14(15)16/h3-6,9,11H,7-8H2,1-2H3/t11-,13?/m0/s1. The topological polar surface area (TPSA) is 80.3 Å². The van der Waals surface area contributed by atoms with E-state index < -0.39 is 14.9 Å². The normalized spacial score (nSPS) is 22.5. The van der Waals surface area contributed by atoms with Crippen LogP contribution in [0.1, 0.15) is 20.3 Å². The van der Waals surface area contributed by atoms with Crippen LogP contribution in [0, 0.1) is 16.0 Å². The summed E-state index contributed by atoms with van der Waals surface area (Å²) in [4.78, 5) is 10.1. The largest absolute Gasteiger partial charge is 0.269 e. The Hall–Kier alpha value is -1.47. The SMILES string of the molecule is CC(C)C[C@H]1CN1S(=O)(=O)c1ccc([N+](=O)[O-])cc1. The van der Waals surface area contributed by atoms with Crippen LogP contribution in [0.5, 0.6) is 0 Å². The van der Waals surface area contributed by atoms with Crippen LogP contribution in [0.2, 0.25) is 0 Å². The zero-order chi connectivity index (χ0) is 14.2. The van der Waals surface area contributed by atoms with Gasteiger partial charge in [-0.15, -0.1) is 0 Å². The molecule has 6 nitrogen and oxygen atoms in total. The summed E-state index contributed by atoms with van der Waals surface area (Å²) in [6, 6.07) is 5.08. The molecule has 0 aliphatic carbocycles. The quantitative estimate of drug-likeness (QED) is 0.470.